The van der Waals surface area contributed by atoms with Crippen LogP contribution in [0.3, 0.4) is 0 Å². The van der Waals surface area contributed by atoms with Crippen molar-refractivity contribution in [2.75, 3.05) is 6.54 Å². The molecule has 0 saturated heterocycles. The molecule has 1 fully saturated rings. The Hall–Kier alpha value is -2.57. The Morgan fingerprint density at radius 2 is 2.08 bits per heavy atom. The summed E-state index contributed by atoms with van der Waals surface area (Å²) in [7, 11) is 0. The molecule has 0 heterocycles. The van der Waals surface area contributed by atoms with Gasteiger partial charge in [0.1, 0.15) is 0 Å². The first-order chi connectivity index (χ1) is 12.1. The Kier molecular flexibility index (Phi) is 5.21. The van der Waals surface area contributed by atoms with Gasteiger partial charge < -0.3 is 4.90 Å². The van der Waals surface area contributed by atoms with E-state index >= 15 is 0 Å². The van der Waals surface area contributed by atoms with Gasteiger partial charge in [-0.2, -0.15) is 5.26 Å². The van der Waals surface area contributed by atoms with Crippen molar-refractivity contribution >= 4 is 17.5 Å². The number of hydrogen-bond acceptors (Lipinski definition) is 2. The van der Waals surface area contributed by atoms with Crippen molar-refractivity contribution in [2.45, 2.75) is 18.9 Å². The second kappa shape index (κ2) is 7.55. The quantitative estimate of drug-likeness (QED) is 0.718. The monoisotopic (exact) mass is 350 g/mol. The molecule has 3 rings (SSSR count). The number of nitrogens with zero attached hydrogens (tertiary/aromatic N) is 2. The lowest BCUT2D eigenvalue weighted by Crippen LogP contribution is -2.32. The van der Waals surface area contributed by atoms with Crippen molar-refractivity contribution in [2.24, 2.45) is 5.92 Å². The van der Waals surface area contributed by atoms with E-state index in [-0.39, 0.29) is 17.7 Å². The molecule has 3 nitrogen and oxygen atoms in total. The molecule has 126 valence electrons. The predicted molar refractivity (Wildman–Crippen MR) is 99.1 cm³/mol. The first-order valence-electron chi connectivity index (χ1n) is 8.26. The van der Waals surface area contributed by atoms with Crippen molar-refractivity contribution in [3.8, 4) is 6.07 Å². The minimum Gasteiger partial charge on any atom is -0.334 e. The molecule has 1 saturated carbocycles. The Morgan fingerprint density at radius 3 is 2.76 bits per heavy atom. The molecular formula is C21H19ClN2O. The Labute approximate surface area is 153 Å². The lowest BCUT2D eigenvalue weighted by molar-refractivity contribution is -0.132. The summed E-state index contributed by atoms with van der Waals surface area (Å²) < 4.78 is 0. The summed E-state index contributed by atoms with van der Waals surface area (Å²) in [6, 6.07) is 17.2. The molecule has 1 aliphatic carbocycles. The van der Waals surface area contributed by atoms with E-state index in [1.807, 2.05) is 47.4 Å². The zero-order valence-corrected chi connectivity index (χ0v) is 14.6. The van der Waals surface area contributed by atoms with E-state index in [0.29, 0.717) is 23.7 Å². The first kappa shape index (κ1) is 17.3. The van der Waals surface area contributed by atoms with E-state index in [1.165, 1.54) is 0 Å². The van der Waals surface area contributed by atoms with Crippen LogP contribution in [-0.2, 0) is 11.3 Å². The topological polar surface area (TPSA) is 44.1 Å². The van der Waals surface area contributed by atoms with Crippen LogP contribution in [0, 0.1) is 17.2 Å². The molecule has 0 aromatic heterocycles. The van der Waals surface area contributed by atoms with E-state index in [2.05, 4.69) is 12.6 Å². The highest BCUT2D eigenvalue weighted by Crippen LogP contribution is 2.48. The van der Waals surface area contributed by atoms with Crippen molar-refractivity contribution < 1.29 is 4.79 Å². The van der Waals surface area contributed by atoms with Crippen LogP contribution < -0.4 is 0 Å². The number of carbonyl (C=O) groups is 1. The number of carbonyl (C=O) groups excluding carboxylic acids is 1. The summed E-state index contributed by atoms with van der Waals surface area (Å²) in [4.78, 5) is 14.7. The second-order valence-corrected chi connectivity index (χ2v) is 6.76. The van der Waals surface area contributed by atoms with Crippen LogP contribution >= 0.6 is 11.6 Å². The summed E-state index contributed by atoms with van der Waals surface area (Å²) in [5.74, 6) is 0.421. The molecule has 2 aromatic rings. The average molecular weight is 351 g/mol. The summed E-state index contributed by atoms with van der Waals surface area (Å²) in [6.07, 6.45) is 2.61. The maximum atomic E-state index is 12.9. The highest BCUT2D eigenvalue weighted by atomic mass is 35.5. The third kappa shape index (κ3) is 4.10. The molecule has 0 aliphatic heterocycles. The lowest BCUT2D eigenvalue weighted by Gasteiger charge is -2.21. The number of benzene rings is 2. The van der Waals surface area contributed by atoms with E-state index in [4.69, 9.17) is 16.9 Å². The SMILES string of the molecule is C=CCN(Cc1cccc(C#N)c1)C(=O)C1CC1c1ccc(Cl)cc1. The molecule has 0 radical (unpaired) electrons. The van der Waals surface area contributed by atoms with Gasteiger partial charge >= 0.3 is 0 Å². The van der Waals surface area contributed by atoms with Gasteiger partial charge in [-0.05, 0) is 47.7 Å². The van der Waals surface area contributed by atoms with Crippen LogP contribution in [0.25, 0.3) is 0 Å². The van der Waals surface area contributed by atoms with Gasteiger partial charge in [-0.1, -0.05) is 41.9 Å². The van der Waals surface area contributed by atoms with Gasteiger partial charge in [0.2, 0.25) is 5.91 Å². The smallest absolute Gasteiger partial charge is 0.226 e. The van der Waals surface area contributed by atoms with Crippen molar-refractivity contribution in [3.63, 3.8) is 0 Å². The van der Waals surface area contributed by atoms with Gasteiger partial charge in [-0.3, -0.25) is 4.79 Å². The number of nitriles is 1. The van der Waals surface area contributed by atoms with Crippen LogP contribution in [0.1, 0.15) is 29.0 Å². The predicted octanol–water partition coefficient (Wildman–Crippen LogP) is 4.53. The molecule has 2 atom stereocenters. The molecule has 0 spiro atoms. The highest BCUT2D eigenvalue weighted by molar-refractivity contribution is 6.30. The van der Waals surface area contributed by atoms with Gasteiger partial charge in [-0.15, -0.1) is 6.58 Å². The third-order valence-corrected chi connectivity index (χ3v) is 4.75. The minimum absolute atomic E-state index is 0.0141. The average Bonchev–Trinajstić information content (AvgIpc) is 3.42. The van der Waals surface area contributed by atoms with Gasteiger partial charge in [0.05, 0.1) is 11.6 Å². The molecule has 0 N–H and O–H groups in total. The largest absolute Gasteiger partial charge is 0.334 e. The number of halogens is 1. The van der Waals surface area contributed by atoms with E-state index < -0.39 is 0 Å². The normalized spacial score (nSPS) is 18.2. The summed E-state index contributed by atoms with van der Waals surface area (Å²) in [6.45, 7) is 4.75. The van der Waals surface area contributed by atoms with E-state index in [0.717, 1.165) is 17.5 Å². The molecule has 2 unspecified atom stereocenters. The lowest BCUT2D eigenvalue weighted by atomic mass is 10.1. The van der Waals surface area contributed by atoms with Crippen LogP contribution in [0.5, 0.6) is 0 Å². The third-order valence-electron chi connectivity index (χ3n) is 4.50. The fourth-order valence-corrected chi connectivity index (χ4v) is 3.25. The molecular weight excluding hydrogens is 332 g/mol. The zero-order valence-electron chi connectivity index (χ0n) is 13.9. The zero-order chi connectivity index (χ0) is 17.8. The summed E-state index contributed by atoms with van der Waals surface area (Å²) >= 11 is 5.93. The Morgan fingerprint density at radius 1 is 1.32 bits per heavy atom. The molecule has 25 heavy (non-hydrogen) atoms. The molecule has 0 bridgehead atoms. The van der Waals surface area contributed by atoms with Gasteiger partial charge in [0.25, 0.3) is 0 Å². The second-order valence-electron chi connectivity index (χ2n) is 6.32. The fourth-order valence-electron chi connectivity index (χ4n) is 3.13. The van der Waals surface area contributed by atoms with Gasteiger partial charge in [0.15, 0.2) is 0 Å². The van der Waals surface area contributed by atoms with Crippen molar-refractivity contribution in [1.82, 2.24) is 4.90 Å². The number of rotatable bonds is 6. The maximum absolute atomic E-state index is 12.9. The van der Waals surface area contributed by atoms with E-state index in [1.54, 1.807) is 12.1 Å². The van der Waals surface area contributed by atoms with Crippen LogP contribution in [-0.4, -0.2) is 17.4 Å². The Balaban J connectivity index is 1.70. The van der Waals surface area contributed by atoms with Crippen molar-refractivity contribution in [3.05, 3.63) is 82.9 Å². The van der Waals surface area contributed by atoms with E-state index in [9.17, 15) is 4.79 Å². The summed E-state index contributed by atoms with van der Waals surface area (Å²) in [5.41, 5.74) is 2.72. The van der Waals surface area contributed by atoms with Crippen LogP contribution in [0.4, 0.5) is 0 Å². The highest BCUT2D eigenvalue weighted by Gasteiger charge is 2.45. The maximum Gasteiger partial charge on any atom is 0.226 e. The van der Waals surface area contributed by atoms with Gasteiger partial charge in [-0.25, -0.2) is 0 Å². The molecule has 2 aromatic carbocycles. The molecule has 1 amide bonds. The molecule has 4 heteroatoms. The molecule has 1 aliphatic rings. The number of amides is 1. The van der Waals surface area contributed by atoms with Crippen LogP contribution in [0.2, 0.25) is 5.02 Å². The standard InChI is InChI=1S/C21H19ClN2O/c1-2-10-24(14-16-5-3-4-15(11-16)13-23)21(25)20-12-19(20)17-6-8-18(22)9-7-17/h2-9,11,19-20H,1,10,12,14H2. The minimum atomic E-state index is 0.0141. The number of hydrogen-bond donors (Lipinski definition) is 0. The first-order valence-corrected chi connectivity index (χ1v) is 8.64. The van der Waals surface area contributed by atoms with Gasteiger partial charge in [0, 0.05) is 24.0 Å². The summed E-state index contributed by atoms with van der Waals surface area (Å²) in [5, 5.41) is 9.74. The van der Waals surface area contributed by atoms with Crippen molar-refractivity contribution in [1.29, 1.82) is 5.26 Å². The fraction of sp³-hybridized carbons (Fsp3) is 0.238. The van der Waals surface area contributed by atoms with Crippen LogP contribution in [0.15, 0.2) is 61.2 Å². The Bertz CT molecular complexity index is 823.